The smallest absolute Gasteiger partial charge is 0.316 e. The molecule has 0 radical (unpaired) electrons. The van der Waals surface area contributed by atoms with E-state index in [0.717, 1.165) is 50.2 Å². The topological polar surface area (TPSA) is 59.4 Å². The number of alkyl halides is 3. The van der Waals surface area contributed by atoms with E-state index in [1.165, 1.54) is 6.07 Å². The quantitative estimate of drug-likeness (QED) is 0.441. The molecule has 0 N–H and O–H groups in total. The molecule has 1 aliphatic rings. The zero-order valence-electron chi connectivity index (χ0n) is 17.7. The lowest BCUT2D eigenvalue weighted by Gasteiger charge is -2.15. The normalized spacial score (nSPS) is 14.7. The van der Waals surface area contributed by atoms with Gasteiger partial charge in [0.15, 0.2) is 5.82 Å². The minimum absolute atomic E-state index is 0.207. The monoisotopic (exact) mass is 459 g/mol. The van der Waals surface area contributed by atoms with E-state index in [0.29, 0.717) is 28.3 Å². The van der Waals surface area contributed by atoms with Crippen LogP contribution in [0, 0.1) is 25.2 Å². The van der Waals surface area contributed by atoms with Gasteiger partial charge in [-0.1, -0.05) is 18.0 Å². The Kier molecular flexibility index (Phi) is 5.87. The zero-order valence-corrected chi connectivity index (χ0v) is 18.4. The summed E-state index contributed by atoms with van der Waals surface area (Å²) in [5, 5.41) is 18.5. The van der Waals surface area contributed by atoms with Crippen molar-refractivity contribution in [1.82, 2.24) is 19.3 Å². The summed E-state index contributed by atoms with van der Waals surface area (Å²) < 4.78 is 43.4. The average Bonchev–Trinajstić information content (AvgIpc) is 3.15. The van der Waals surface area contributed by atoms with Gasteiger partial charge in [0.05, 0.1) is 21.8 Å². The molecule has 0 atom stereocenters. The summed E-state index contributed by atoms with van der Waals surface area (Å²) in [4.78, 5) is 0. The van der Waals surface area contributed by atoms with E-state index in [4.69, 9.17) is 11.6 Å². The van der Waals surface area contributed by atoms with Gasteiger partial charge >= 0.3 is 6.18 Å². The fourth-order valence-electron chi connectivity index (χ4n) is 4.15. The molecule has 1 aromatic carbocycles. The van der Waals surface area contributed by atoms with Crippen molar-refractivity contribution in [3.05, 3.63) is 63.5 Å². The van der Waals surface area contributed by atoms with Crippen LogP contribution in [0.3, 0.4) is 0 Å². The van der Waals surface area contributed by atoms with E-state index in [9.17, 15) is 18.4 Å². The minimum Gasteiger partial charge on any atom is -0.316 e. The van der Waals surface area contributed by atoms with Gasteiger partial charge in [-0.2, -0.15) is 18.4 Å². The molecule has 1 aliphatic heterocycles. The van der Waals surface area contributed by atoms with Crippen molar-refractivity contribution in [2.24, 2.45) is 0 Å². The first-order valence-electron chi connectivity index (χ1n) is 10.3. The van der Waals surface area contributed by atoms with Gasteiger partial charge in [-0.25, -0.2) is 0 Å². The number of benzene rings is 1. The van der Waals surface area contributed by atoms with Crippen LogP contribution in [0.1, 0.15) is 53.4 Å². The number of nitriles is 1. The second-order valence-corrected chi connectivity index (χ2v) is 8.30. The molecule has 0 amide bonds. The van der Waals surface area contributed by atoms with E-state index in [1.807, 2.05) is 10.6 Å². The van der Waals surface area contributed by atoms with Gasteiger partial charge < -0.3 is 9.13 Å². The van der Waals surface area contributed by atoms with Crippen molar-refractivity contribution in [2.75, 3.05) is 0 Å². The molecule has 0 saturated carbocycles. The summed E-state index contributed by atoms with van der Waals surface area (Å²) in [6, 6.07) is 7.29. The number of nitrogens with zero attached hydrogens (tertiary/aromatic N) is 5. The molecule has 0 spiro atoms. The Morgan fingerprint density at radius 1 is 1.16 bits per heavy atom. The summed E-state index contributed by atoms with van der Waals surface area (Å²) in [5.41, 5.74) is 1.91. The predicted molar refractivity (Wildman–Crippen MR) is 116 cm³/mol. The van der Waals surface area contributed by atoms with Crippen LogP contribution < -0.4 is 0 Å². The Labute approximate surface area is 188 Å². The molecule has 0 bridgehead atoms. The van der Waals surface area contributed by atoms with E-state index in [2.05, 4.69) is 16.3 Å². The second-order valence-electron chi connectivity index (χ2n) is 7.90. The highest BCUT2D eigenvalue weighted by Gasteiger charge is 2.31. The second kappa shape index (κ2) is 8.47. The van der Waals surface area contributed by atoms with E-state index >= 15 is 0 Å². The first-order chi connectivity index (χ1) is 15.2. The van der Waals surface area contributed by atoms with Gasteiger partial charge in [-0.05, 0) is 62.6 Å². The lowest BCUT2D eigenvalue weighted by Crippen LogP contribution is -2.08. The largest absolute Gasteiger partial charge is 0.416 e. The third kappa shape index (κ3) is 4.05. The molecule has 2 aromatic heterocycles. The van der Waals surface area contributed by atoms with Crippen molar-refractivity contribution in [3.63, 3.8) is 0 Å². The Morgan fingerprint density at radius 3 is 2.66 bits per heavy atom. The summed E-state index contributed by atoms with van der Waals surface area (Å²) in [6.07, 6.45) is 1.21. The maximum absolute atomic E-state index is 13.3. The number of rotatable bonds is 3. The molecule has 166 valence electrons. The first kappa shape index (κ1) is 22.2. The third-order valence-electron chi connectivity index (χ3n) is 5.76. The highest BCUT2D eigenvalue weighted by atomic mass is 35.5. The molecule has 0 unspecified atom stereocenters. The van der Waals surface area contributed by atoms with Crippen molar-refractivity contribution >= 4 is 23.3 Å². The van der Waals surface area contributed by atoms with Crippen molar-refractivity contribution in [1.29, 1.82) is 5.26 Å². The van der Waals surface area contributed by atoms with E-state index in [1.54, 1.807) is 24.5 Å². The van der Waals surface area contributed by atoms with Crippen molar-refractivity contribution in [3.8, 4) is 11.8 Å². The maximum atomic E-state index is 13.3. The number of fused-ring (bicyclic) bond motifs is 1. The van der Waals surface area contributed by atoms with Crippen LogP contribution in [0.2, 0.25) is 5.02 Å². The Balaban J connectivity index is 1.80. The molecule has 0 saturated heterocycles. The lowest BCUT2D eigenvalue weighted by atomic mass is 10.1. The van der Waals surface area contributed by atoms with Gasteiger partial charge in [0.1, 0.15) is 11.9 Å². The molecule has 5 nitrogen and oxygen atoms in total. The highest BCUT2D eigenvalue weighted by Crippen LogP contribution is 2.35. The molecule has 3 heterocycles. The molecule has 32 heavy (non-hydrogen) atoms. The molecule has 3 aromatic rings. The van der Waals surface area contributed by atoms with Crippen LogP contribution in [0.4, 0.5) is 13.2 Å². The van der Waals surface area contributed by atoms with Crippen LogP contribution in [0.5, 0.6) is 0 Å². The summed E-state index contributed by atoms with van der Waals surface area (Å²) >= 11 is 6.27. The zero-order chi connectivity index (χ0) is 23.0. The molecule has 0 aliphatic carbocycles. The average molecular weight is 460 g/mol. The number of aromatic nitrogens is 4. The maximum Gasteiger partial charge on any atom is 0.416 e. The van der Waals surface area contributed by atoms with E-state index in [-0.39, 0.29) is 10.7 Å². The Hall–Kier alpha value is -3.05. The van der Waals surface area contributed by atoms with Gasteiger partial charge in [-0.15, -0.1) is 10.2 Å². The molecular formula is C23H21ClF3N5. The van der Waals surface area contributed by atoms with E-state index < -0.39 is 11.7 Å². The molecule has 0 fully saturated rings. The number of halogens is 4. The lowest BCUT2D eigenvalue weighted by molar-refractivity contribution is -0.137. The number of hydrogen-bond acceptors (Lipinski definition) is 3. The summed E-state index contributed by atoms with van der Waals surface area (Å²) in [7, 11) is 0. The molecule has 9 heteroatoms. The number of aryl methyl sites for hydroxylation is 2. The van der Waals surface area contributed by atoms with Gasteiger partial charge in [0.2, 0.25) is 0 Å². The number of hydrogen-bond donors (Lipinski definition) is 0. The highest BCUT2D eigenvalue weighted by molar-refractivity contribution is 6.32. The van der Waals surface area contributed by atoms with Gasteiger partial charge in [0, 0.05) is 24.4 Å². The van der Waals surface area contributed by atoms with Crippen LogP contribution in [0.25, 0.3) is 17.3 Å². The van der Waals surface area contributed by atoms with Crippen LogP contribution >= 0.6 is 11.6 Å². The van der Waals surface area contributed by atoms with Crippen molar-refractivity contribution < 1.29 is 13.2 Å². The summed E-state index contributed by atoms with van der Waals surface area (Å²) in [5.74, 6) is 1.39. The fourth-order valence-corrected chi connectivity index (χ4v) is 4.35. The number of allylic oxidation sites excluding steroid dienone is 1. The predicted octanol–water partition coefficient (Wildman–Crippen LogP) is 6.15. The fraction of sp³-hybridized carbons (Fsp3) is 0.348. The third-order valence-corrected chi connectivity index (χ3v) is 6.07. The molecular weight excluding hydrogens is 439 g/mol. The van der Waals surface area contributed by atoms with Crippen LogP contribution in [0.15, 0.2) is 24.3 Å². The summed E-state index contributed by atoms with van der Waals surface area (Å²) in [6.45, 7) is 4.33. The van der Waals surface area contributed by atoms with Crippen LogP contribution in [-0.2, 0) is 19.1 Å². The van der Waals surface area contributed by atoms with Crippen molar-refractivity contribution in [2.45, 2.75) is 52.3 Å². The first-order valence-corrected chi connectivity index (χ1v) is 10.7. The minimum atomic E-state index is -4.48. The Bertz CT molecular complexity index is 1240. The standard InChI is InChI=1S/C23H21ClF3N5/c1-14-10-16(11-17(13-28)22-30-29-21-6-4-3-5-9-31(21)22)15(2)32(14)20-12-18(23(25,26)27)7-8-19(20)24/h7-8,10-12H,3-6,9H2,1-2H3. The van der Waals surface area contributed by atoms with Gasteiger partial charge in [-0.3, -0.25) is 0 Å². The molecule has 4 rings (SSSR count). The van der Waals surface area contributed by atoms with Crippen LogP contribution in [-0.4, -0.2) is 19.3 Å². The van der Waals surface area contributed by atoms with Gasteiger partial charge in [0.25, 0.3) is 0 Å². The Morgan fingerprint density at radius 2 is 1.94 bits per heavy atom. The SMILES string of the molecule is Cc1cc(C=C(C#N)c2nnc3n2CCCCC3)c(C)n1-c1cc(C(F)(F)F)ccc1Cl.